The standard InChI is InChI=1S/C16H20N4O2/c1-4-6-11-14(3)21-12(7-5-2)16(10-19,13(20)22-14)15(11,8-17)9-18/h11-12,20H,4-7H2,1-3H3/t11-,12+,14-,16+/m0/s1. The van der Waals surface area contributed by atoms with Gasteiger partial charge in [-0.15, -0.1) is 0 Å². The molecule has 0 amide bonds. The van der Waals surface area contributed by atoms with Crippen LogP contribution in [0.15, 0.2) is 0 Å². The van der Waals surface area contributed by atoms with Gasteiger partial charge in [-0.3, -0.25) is 5.41 Å². The van der Waals surface area contributed by atoms with Gasteiger partial charge in [-0.25, -0.2) is 0 Å². The Labute approximate surface area is 130 Å². The molecule has 0 saturated carbocycles. The molecule has 0 spiro atoms. The largest absolute Gasteiger partial charge is 0.448 e. The van der Waals surface area contributed by atoms with Gasteiger partial charge in [0, 0.05) is 6.92 Å². The molecule has 6 nitrogen and oxygen atoms in total. The molecule has 0 aromatic rings. The highest BCUT2D eigenvalue weighted by molar-refractivity contribution is 5.88. The summed E-state index contributed by atoms with van der Waals surface area (Å²) < 4.78 is 11.6. The Kier molecular flexibility index (Phi) is 3.90. The van der Waals surface area contributed by atoms with E-state index in [4.69, 9.17) is 14.9 Å². The molecule has 3 aliphatic rings. The summed E-state index contributed by atoms with van der Waals surface area (Å²) in [4.78, 5) is 0. The zero-order valence-electron chi connectivity index (χ0n) is 13.1. The maximum Gasteiger partial charge on any atom is 0.215 e. The topological polar surface area (TPSA) is 114 Å². The molecule has 0 aromatic heterocycles. The quantitative estimate of drug-likeness (QED) is 0.857. The van der Waals surface area contributed by atoms with Crippen LogP contribution in [0.25, 0.3) is 0 Å². The summed E-state index contributed by atoms with van der Waals surface area (Å²) in [6, 6.07) is 6.24. The van der Waals surface area contributed by atoms with E-state index in [-0.39, 0.29) is 5.90 Å². The minimum atomic E-state index is -1.66. The maximum atomic E-state index is 9.85. The van der Waals surface area contributed by atoms with Gasteiger partial charge in [0.2, 0.25) is 11.7 Å². The fraction of sp³-hybridized carbons (Fsp3) is 0.750. The van der Waals surface area contributed by atoms with Gasteiger partial charge in [0.05, 0.1) is 30.2 Å². The summed E-state index contributed by atoms with van der Waals surface area (Å²) in [5.41, 5.74) is -3.29. The first kappa shape index (κ1) is 16.3. The van der Waals surface area contributed by atoms with E-state index in [1.165, 1.54) is 0 Å². The molecule has 3 saturated heterocycles. The number of ether oxygens (including phenoxy) is 2. The van der Waals surface area contributed by atoms with Crippen LogP contribution in [-0.2, 0) is 9.47 Å². The zero-order valence-corrected chi connectivity index (χ0v) is 13.1. The lowest BCUT2D eigenvalue weighted by molar-refractivity contribution is -0.340. The second-order valence-corrected chi connectivity index (χ2v) is 6.14. The van der Waals surface area contributed by atoms with E-state index in [0.29, 0.717) is 12.8 Å². The lowest BCUT2D eigenvalue weighted by Crippen LogP contribution is -2.74. The van der Waals surface area contributed by atoms with Crippen LogP contribution in [0, 0.1) is 56.2 Å². The molecule has 3 fully saturated rings. The maximum absolute atomic E-state index is 9.85. The van der Waals surface area contributed by atoms with Crippen LogP contribution in [0.4, 0.5) is 0 Å². The van der Waals surface area contributed by atoms with Crippen molar-refractivity contribution in [3.63, 3.8) is 0 Å². The summed E-state index contributed by atoms with van der Waals surface area (Å²) >= 11 is 0. The van der Waals surface area contributed by atoms with Crippen LogP contribution >= 0.6 is 0 Å². The van der Waals surface area contributed by atoms with Crippen molar-refractivity contribution in [2.75, 3.05) is 0 Å². The highest BCUT2D eigenvalue weighted by Crippen LogP contribution is 2.63. The van der Waals surface area contributed by atoms with E-state index >= 15 is 0 Å². The first-order chi connectivity index (χ1) is 10.4. The second kappa shape index (κ2) is 5.27. The van der Waals surface area contributed by atoms with Crippen LogP contribution in [0.2, 0.25) is 0 Å². The number of rotatable bonds is 4. The number of hydrogen-bond donors (Lipinski definition) is 1. The number of fused-ring (bicyclic) bond motifs is 3. The number of nitrogens with one attached hydrogen (secondary N) is 1. The summed E-state index contributed by atoms with van der Waals surface area (Å²) in [6.07, 6.45) is 1.79. The molecule has 0 aliphatic carbocycles. The minimum absolute atomic E-state index is 0.308. The predicted octanol–water partition coefficient (Wildman–Crippen LogP) is 2.87. The van der Waals surface area contributed by atoms with Crippen LogP contribution in [0.1, 0.15) is 46.5 Å². The van der Waals surface area contributed by atoms with Crippen molar-refractivity contribution in [3.05, 3.63) is 0 Å². The molecule has 0 radical (unpaired) electrons. The normalized spacial score (nSPS) is 38.5. The molecule has 0 aromatic carbocycles. The SMILES string of the molecule is CCC[C@@H]1C(C#N)(C#N)[C@@]2(C#N)C(=N)O[C@]1(C)O[C@@H]2CCC. The van der Waals surface area contributed by atoms with Crippen LogP contribution in [-0.4, -0.2) is 17.8 Å². The van der Waals surface area contributed by atoms with Crippen LogP contribution in [0.3, 0.4) is 0 Å². The van der Waals surface area contributed by atoms with E-state index in [2.05, 4.69) is 18.2 Å². The molecule has 22 heavy (non-hydrogen) atoms. The Balaban J connectivity index is 2.75. The van der Waals surface area contributed by atoms with Crippen molar-refractivity contribution < 1.29 is 9.47 Å². The van der Waals surface area contributed by atoms with Gasteiger partial charge in [0.1, 0.15) is 0 Å². The summed E-state index contributed by atoms with van der Waals surface area (Å²) in [6.45, 7) is 5.56. The molecule has 3 heterocycles. The lowest BCUT2D eigenvalue weighted by Gasteiger charge is -2.61. The van der Waals surface area contributed by atoms with Gasteiger partial charge in [-0.05, 0) is 12.8 Å². The second-order valence-electron chi connectivity index (χ2n) is 6.14. The van der Waals surface area contributed by atoms with Crippen LogP contribution < -0.4 is 0 Å². The van der Waals surface area contributed by atoms with Gasteiger partial charge in [-0.1, -0.05) is 26.7 Å². The van der Waals surface area contributed by atoms with Crippen LogP contribution in [0.5, 0.6) is 0 Å². The summed E-state index contributed by atoms with van der Waals surface area (Å²) in [5, 5.41) is 37.8. The van der Waals surface area contributed by atoms with Crippen molar-refractivity contribution in [2.24, 2.45) is 16.7 Å². The van der Waals surface area contributed by atoms with E-state index < -0.39 is 28.6 Å². The molecule has 116 valence electrons. The molecule has 1 N–H and O–H groups in total. The average molecular weight is 300 g/mol. The van der Waals surface area contributed by atoms with E-state index in [0.717, 1.165) is 12.8 Å². The van der Waals surface area contributed by atoms with Gasteiger partial charge in [-0.2, -0.15) is 15.8 Å². The molecular weight excluding hydrogens is 280 g/mol. The molecular formula is C16H20N4O2. The van der Waals surface area contributed by atoms with E-state index in [1.807, 2.05) is 13.8 Å². The molecule has 2 bridgehead atoms. The zero-order chi connectivity index (χ0) is 16.6. The highest BCUT2D eigenvalue weighted by atomic mass is 16.7. The first-order valence-corrected chi connectivity index (χ1v) is 7.62. The number of nitrogens with zero attached hydrogens (tertiary/aromatic N) is 3. The smallest absolute Gasteiger partial charge is 0.215 e. The number of nitriles is 3. The Morgan fingerprint density at radius 1 is 1.09 bits per heavy atom. The minimum Gasteiger partial charge on any atom is -0.448 e. The molecule has 4 atom stereocenters. The molecule has 3 rings (SSSR count). The van der Waals surface area contributed by atoms with E-state index in [9.17, 15) is 15.8 Å². The van der Waals surface area contributed by atoms with Crippen molar-refractivity contribution >= 4 is 5.90 Å². The molecule has 6 heteroatoms. The lowest BCUT2D eigenvalue weighted by atomic mass is 9.50. The fourth-order valence-corrected chi connectivity index (χ4v) is 3.95. The highest BCUT2D eigenvalue weighted by Gasteiger charge is 2.78. The summed E-state index contributed by atoms with van der Waals surface area (Å²) in [5.74, 6) is -2.09. The van der Waals surface area contributed by atoms with Crippen molar-refractivity contribution in [1.82, 2.24) is 0 Å². The average Bonchev–Trinajstić information content (AvgIpc) is 2.49. The van der Waals surface area contributed by atoms with Gasteiger partial charge >= 0.3 is 0 Å². The Morgan fingerprint density at radius 2 is 1.68 bits per heavy atom. The Morgan fingerprint density at radius 3 is 2.14 bits per heavy atom. The predicted molar refractivity (Wildman–Crippen MR) is 77.1 cm³/mol. The third-order valence-corrected chi connectivity index (χ3v) is 4.96. The van der Waals surface area contributed by atoms with Gasteiger partial charge < -0.3 is 9.47 Å². The number of hydrogen-bond acceptors (Lipinski definition) is 6. The third kappa shape index (κ3) is 1.64. The molecule has 0 unspecified atom stereocenters. The van der Waals surface area contributed by atoms with Crippen molar-refractivity contribution in [1.29, 1.82) is 21.2 Å². The Bertz CT molecular complexity index is 597. The summed E-state index contributed by atoms with van der Waals surface area (Å²) in [7, 11) is 0. The first-order valence-electron chi connectivity index (χ1n) is 7.62. The van der Waals surface area contributed by atoms with Crippen molar-refractivity contribution in [2.45, 2.75) is 58.3 Å². The monoisotopic (exact) mass is 300 g/mol. The fourth-order valence-electron chi connectivity index (χ4n) is 3.95. The van der Waals surface area contributed by atoms with Gasteiger partial charge in [0.15, 0.2) is 10.8 Å². The molecule has 3 aliphatic heterocycles. The van der Waals surface area contributed by atoms with Crippen molar-refractivity contribution in [3.8, 4) is 18.2 Å². The van der Waals surface area contributed by atoms with Gasteiger partial charge in [0.25, 0.3) is 0 Å². The van der Waals surface area contributed by atoms with E-state index in [1.54, 1.807) is 6.92 Å². The third-order valence-electron chi connectivity index (χ3n) is 4.96. The Hall–Kier alpha value is -2.10.